The number of carboxylic acids is 1. The predicted octanol–water partition coefficient (Wildman–Crippen LogP) is 4.60. The smallest absolute Gasteiger partial charge is 0.339 e. The number of hydrogen-bond donors (Lipinski definition) is 1. The standard InChI is InChI=1S/C14H10BrClO4/c1-19-9-3-5-12(11(15)7-9)20-13-6-8(16)2-4-10(13)14(17)18/h2-7H,1H3,(H,17,18). The highest BCUT2D eigenvalue weighted by Gasteiger charge is 2.14. The molecule has 0 aromatic heterocycles. The first-order valence-corrected chi connectivity index (χ1v) is 6.72. The summed E-state index contributed by atoms with van der Waals surface area (Å²) in [5.41, 5.74) is 0.0390. The Morgan fingerprint density at radius 3 is 2.55 bits per heavy atom. The molecular formula is C14H10BrClO4. The number of rotatable bonds is 4. The first kappa shape index (κ1) is 14.7. The molecule has 104 valence electrons. The molecule has 0 aliphatic heterocycles. The van der Waals surface area contributed by atoms with Crippen molar-refractivity contribution in [3.63, 3.8) is 0 Å². The molecule has 0 radical (unpaired) electrons. The third-order valence-electron chi connectivity index (χ3n) is 2.53. The van der Waals surface area contributed by atoms with Crippen LogP contribution in [-0.4, -0.2) is 18.2 Å². The zero-order valence-electron chi connectivity index (χ0n) is 10.4. The summed E-state index contributed by atoms with van der Waals surface area (Å²) >= 11 is 9.21. The summed E-state index contributed by atoms with van der Waals surface area (Å²) in [4.78, 5) is 11.2. The molecule has 2 rings (SSSR count). The van der Waals surface area contributed by atoms with Gasteiger partial charge in [-0.15, -0.1) is 0 Å². The van der Waals surface area contributed by atoms with Gasteiger partial charge >= 0.3 is 5.97 Å². The molecule has 4 nitrogen and oxygen atoms in total. The van der Waals surface area contributed by atoms with Crippen molar-refractivity contribution >= 4 is 33.5 Å². The average molecular weight is 358 g/mol. The zero-order chi connectivity index (χ0) is 14.7. The molecule has 0 fully saturated rings. The van der Waals surface area contributed by atoms with Crippen molar-refractivity contribution in [1.82, 2.24) is 0 Å². The highest BCUT2D eigenvalue weighted by molar-refractivity contribution is 9.10. The second-order valence-electron chi connectivity index (χ2n) is 3.84. The molecule has 0 atom stereocenters. The Balaban J connectivity index is 2.39. The first-order valence-electron chi connectivity index (χ1n) is 5.55. The maximum absolute atomic E-state index is 11.2. The van der Waals surface area contributed by atoms with Crippen molar-refractivity contribution in [2.24, 2.45) is 0 Å². The summed E-state index contributed by atoms with van der Waals surface area (Å²) in [6.07, 6.45) is 0. The van der Waals surface area contributed by atoms with Crippen LogP contribution in [0.4, 0.5) is 0 Å². The van der Waals surface area contributed by atoms with Crippen LogP contribution in [0.5, 0.6) is 17.2 Å². The Kier molecular flexibility index (Phi) is 4.52. The lowest BCUT2D eigenvalue weighted by atomic mass is 10.2. The number of carboxylic acid groups (broad SMARTS) is 1. The molecule has 0 unspecified atom stereocenters. The Morgan fingerprint density at radius 2 is 1.95 bits per heavy atom. The van der Waals surface area contributed by atoms with E-state index in [1.165, 1.54) is 18.2 Å². The van der Waals surface area contributed by atoms with Crippen LogP contribution in [0.15, 0.2) is 40.9 Å². The van der Waals surface area contributed by atoms with Gasteiger partial charge in [0.15, 0.2) is 0 Å². The van der Waals surface area contributed by atoms with Crippen LogP contribution in [-0.2, 0) is 0 Å². The van der Waals surface area contributed by atoms with E-state index >= 15 is 0 Å². The largest absolute Gasteiger partial charge is 0.497 e. The van der Waals surface area contributed by atoms with Crippen LogP contribution in [0, 0.1) is 0 Å². The summed E-state index contributed by atoms with van der Waals surface area (Å²) in [7, 11) is 1.56. The zero-order valence-corrected chi connectivity index (χ0v) is 12.7. The Labute approximate surface area is 129 Å². The number of aromatic carboxylic acids is 1. The van der Waals surface area contributed by atoms with E-state index in [4.69, 9.17) is 26.2 Å². The second-order valence-corrected chi connectivity index (χ2v) is 5.13. The molecule has 2 aromatic carbocycles. The Morgan fingerprint density at radius 1 is 1.20 bits per heavy atom. The normalized spacial score (nSPS) is 10.2. The quantitative estimate of drug-likeness (QED) is 0.868. The fourth-order valence-corrected chi connectivity index (χ4v) is 2.17. The molecule has 0 amide bonds. The summed E-state index contributed by atoms with van der Waals surface area (Å²) < 4.78 is 11.3. The molecule has 0 saturated heterocycles. The fraction of sp³-hybridized carbons (Fsp3) is 0.0714. The number of benzene rings is 2. The number of ether oxygens (including phenoxy) is 2. The molecule has 2 aromatic rings. The highest BCUT2D eigenvalue weighted by atomic mass is 79.9. The molecule has 20 heavy (non-hydrogen) atoms. The minimum absolute atomic E-state index is 0.0390. The van der Waals surface area contributed by atoms with Crippen LogP contribution in [0.2, 0.25) is 5.02 Å². The average Bonchev–Trinajstić information content (AvgIpc) is 2.40. The van der Waals surface area contributed by atoms with E-state index in [9.17, 15) is 4.79 Å². The summed E-state index contributed by atoms with van der Waals surface area (Å²) in [5.74, 6) is 0.224. The molecule has 6 heteroatoms. The van der Waals surface area contributed by atoms with Crippen molar-refractivity contribution in [3.05, 3.63) is 51.5 Å². The van der Waals surface area contributed by atoms with Gasteiger partial charge < -0.3 is 14.6 Å². The molecule has 0 bridgehead atoms. The van der Waals surface area contributed by atoms with E-state index in [-0.39, 0.29) is 11.3 Å². The van der Waals surface area contributed by atoms with Gasteiger partial charge in [0, 0.05) is 11.1 Å². The molecule has 1 N–H and O–H groups in total. The maximum Gasteiger partial charge on any atom is 0.339 e. The minimum Gasteiger partial charge on any atom is -0.497 e. The van der Waals surface area contributed by atoms with Crippen LogP contribution in [0.1, 0.15) is 10.4 Å². The van der Waals surface area contributed by atoms with E-state index in [2.05, 4.69) is 15.9 Å². The fourth-order valence-electron chi connectivity index (χ4n) is 1.57. The summed E-state index contributed by atoms with van der Waals surface area (Å²) in [6, 6.07) is 9.47. The van der Waals surface area contributed by atoms with Crippen LogP contribution >= 0.6 is 27.5 Å². The summed E-state index contributed by atoms with van der Waals surface area (Å²) in [6.45, 7) is 0. The van der Waals surface area contributed by atoms with Gasteiger partial charge in [0.05, 0.1) is 11.6 Å². The van der Waals surface area contributed by atoms with E-state index in [1.54, 1.807) is 25.3 Å². The van der Waals surface area contributed by atoms with E-state index in [1.807, 2.05) is 0 Å². The Bertz CT molecular complexity index is 658. The number of methoxy groups -OCH3 is 1. The van der Waals surface area contributed by atoms with Gasteiger partial charge in [0.25, 0.3) is 0 Å². The van der Waals surface area contributed by atoms with Crippen LogP contribution < -0.4 is 9.47 Å². The SMILES string of the molecule is COc1ccc(Oc2cc(Cl)ccc2C(=O)O)c(Br)c1. The molecule has 0 spiro atoms. The van der Waals surface area contributed by atoms with E-state index in [0.29, 0.717) is 21.0 Å². The van der Waals surface area contributed by atoms with Crippen molar-refractivity contribution in [1.29, 1.82) is 0 Å². The first-order chi connectivity index (χ1) is 9.51. The molecule has 0 aliphatic carbocycles. The highest BCUT2D eigenvalue weighted by Crippen LogP contribution is 2.35. The van der Waals surface area contributed by atoms with Gasteiger partial charge in [-0.25, -0.2) is 4.79 Å². The molecule has 0 aliphatic rings. The third kappa shape index (κ3) is 3.23. The van der Waals surface area contributed by atoms with Gasteiger partial charge in [-0.05, 0) is 46.3 Å². The lowest BCUT2D eigenvalue weighted by Crippen LogP contribution is -2.00. The van der Waals surface area contributed by atoms with Gasteiger partial charge in [0.2, 0.25) is 0 Å². The number of halogens is 2. The van der Waals surface area contributed by atoms with Gasteiger partial charge in [0.1, 0.15) is 22.8 Å². The minimum atomic E-state index is -1.08. The molecular weight excluding hydrogens is 348 g/mol. The molecule has 0 saturated carbocycles. The second kappa shape index (κ2) is 6.15. The number of hydrogen-bond acceptors (Lipinski definition) is 3. The maximum atomic E-state index is 11.2. The van der Waals surface area contributed by atoms with Crippen molar-refractivity contribution in [2.45, 2.75) is 0 Å². The molecule has 0 heterocycles. The van der Waals surface area contributed by atoms with Crippen molar-refractivity contribution in [2.75, 3.05) is 7.11 Å². The van der Waals surface area contributed by atoms with E-state index in [0.717, 1.165) is 0 Å². The van der Waals surface area contributed by atoms with Crippen LogP contribution in [0.25, 0.3) is 0 Å². The van der Waals surface area contributed by atoms with Gasteiger partial charge in [-0.3, -0.25) is 0 Å². The lowest BCUT2D eigenvalue weighted by Gasteiger charge is -2.11. The predicted molar refractivity (Wildman–Crippen MR) is 79.2 cm³/mol. The van der Waals surface area contributed by atoms with Gasteiger partial charge in [-0.2, -0.15) is 0 Å². The monoisotopic (exact) mass is 356 g/mol. The Hall–Kier alpha value is -1.72. The third-order valence-corrected chi connectivity index (χ3v) is 3.39. The van der Waals surface area contributed by atoms with Gasteiger partial charge in [-0.1, -0.05) is 11.6 Å². The topological polar surface area (TPSA) is 55.8 Å². The van der Waals surface area contributed by atoms with Crippen LogP contribution in [0.3, 0.4) is 0 Å². The lowest BCUT2D eigenvalue weighted by molar-refractivity contribution is 0.0694. The van der Waals surface area contributed by atoms with E-state index < -0.39 is 5.97 Å². The summed E-state index contributed by atoms with van der Waals surface area (Å²) in [5, 5.41) is 9.53. The van der Waals surface area contributed by atoms with Crippen molar-refractivity contribution in [3.8, 4) is 17.2 Å². The number of carbonyl (C=O) groups is 1. The van der Waals surface area contributed by atoms with Crippen molar-refractivity contribution < 1.29 is 19.4 Å².